The van der Waals surface area contributed by atoms with E-state index in [1.807, 2.05) is 63.5 Å². The van der Waals surface area contributed by atoms with Crippen LogP contribution in [0.2, 0.25) is 0 Å². The quantitative estimate of drug-likeness (QED) is 0.445. The second-order valence-electron chi connectivity index (χ2n) is 7.00. The number of benzene rings is 2. The minimum atomic E-state index is -0.291. The first-order chi connectivity index (χ1) is 12.5. The second-order valence-corrected chi connectivity index (χ2v) is 7.00. The maximum absolute atomic E-state index is 12.5. The van der Waals surface area contributed by atoms with Crippen LogP contribution < -0.4 is 0 Å². The highest BCUT2D eigenvalue weighted by molar-refractivity contribution is 5.92. The molecule has 0 N–H and O–H groups in total. The number of hydrogen-bond acceptors (Lipinski definition) is 3. The highest BCUT2D eigenvalue weighted by atomic mass is 16.5. The lowest BCUT2D eigenvalue weighted by atomic mass is 10.0. The fourth-order valence-corrected chi connectivity index (χ4v) is 3.07. The zero-order chi connectivity index (χ0) is 18.5. The van der Waals surface area contributed by atoms with Gasteiger partial charge in [0.1, 0.15) is 6.61 Å². The summed E-state index contributed by atoms with van der Waals surface area (Å²) >= 11 is 0. The van der Waals surface area contributed by atoms with Gasteiger partial charge in [0, 0.05) is 13.1 Å². The van der Waals surface area contributed by atoms with Crippen molar-refractivity contribution < 1.29 is 9.53 Å². The van der Waals surface area contributed by atoms with Gasteiger partial charge in [-0.1, -0.05) is 29.8 Å². The number of aliphatic imine (C=N–C) groups is 1. The number of carbonyl (C=O) groups excluding carboxylic acids is 1. The summed E-state index contributed by atoms with van der Waals surface area (Å²) < 4.78 is 5.49. The largest absolute Gasteiger partial charge is 0.457 e. The summed E-state index contributed by atoms with van der Waals surface area (Å²) in [4.78, 5) is 19.3. The van der Waals surface area contributed by atoms with Gasteiger partial charge in [0.2, 0.25) is 0 Å². The van der Waals surface area contributed by atoms with E-state index >= 15 is 0 Å². The molecular weight excluding hydrogens is 324 g/mol. The fraction of sp³-hybridized carbons (Fsp3) is 0.364. The molecule has 3 rings (SSSR count). The third kappa shape index (κ3) is 4.51. The van der Waals surface area contributed by atoms with Crippen molar-refractivity contribution in [2.75, 3.05) is 13.1 Å². The van der Waals surface area contributed by atoms with Crippen LogP contribution in [-0.4, -0.2) is 30.3 Å². The van der Waals surface area contributed by atoms with Crippen LogP contribution in [0.5, 0.6) is 0 Å². The first-order valence-corrected chi connectivity index (χ1v) is 9.15. The van der Waals surface area contributed by atoms with Crippen molar-refractivity contribution in [3.05, 3.63) is 64.2 Å². The summed E-state index contributed by atoms with van der Waals surface area (Å²) in [6.45, 7) is 8.38. The molecule has 1 aliphatic rings. The predicted molar refractivity (Wildman–Crippen MR) is 105 cm³/mol. The van der Waals surface area contributed by atoms with Gasteiger partial charge >= 0.3 is 5.97 Å². The molecule has 2 aromatic carbocycles. The van der Waals surface area contributed by atoms with Crippen LogP contribution in [0.1, 0.15) is 45.5 Å². The molecule has 0 atom stereocenters. The molecule has 0 aromatic heterocycles. The fourth-order valence-electron chi connectivity index (χ4n) is 3.07. The molecule has 136 valence electrons. The van der Waals surface area contributed by atoms with E-state index in [-0.39, 0.29) is 12.6 Å². The van der Waals surface area contributed by atoms with Gasteiger partial charge in [-0.05, 0) is 62.4 Å². The van der Waals surface area contributed by atoms with Gasteiger partial charge in [0.25, 0.3) is 0 Å². The Hall–Kier alpha value is -2.62. The van der Waals surface area contributed by atoms with Crippen LogP contribution in [0.15, 0.2) is 41.4 Å². The van der Waals surface area contributed by atoms with Crippen LogP contribution in [0.4, 0.5) is 5.69 Å². The normalized spacial score (nSPS) is 14.2. The molecule has 0 spiro atoms. The van der Waals surface area contributed by atoms with Crippen molar-refractivity contribution in [1.82, 2.24) is 4.90 Å². The molecule has 1 fully saturated rings. The van der Waals surface area contributed by atoms with Crippen molar-refractivity contribution in [2.24, 2.45) is 4.99 Å². The first kappa shape index (κ1) is 18.2. The third-order valence-electron chi connectivity index (χ3n) is 4.75. The Labute approximate surface area is 155 Å². The van der Waals surface area contributed by atoms with Crippen LogP contribution in [-0.2, 0) is 11.3 Å². The molecule has 1 aliphatic heterocycles. The van der Waals surface area contributed by atoms with Crippen molar-refractivity contribution in [3.8, 4) is 0 Å². The molecule has 4 nitrogen and oxygen atoms in total. The number of nitrogens with zero attached hydrogens (tertiary/aromatic N) is 2. The molecule has 1 saturated heterocycles. The Morgan fingerprint density at radius 3 is 2.46 bits per heavy atom. The van der Waals surface area contributed by atoms with E-state index in [4.69, 9.17) is 4.74 Å². The number of aryl methyl sites for hydroxylation is 3. The number of rotatable bonds is 5. The average molecular weight is 350 g/mol. The Bertz CT molecular complexity index is 804. The van der Waals surface area contributed by atoms with E-state index < -0.39 is 0 Å². The van der Waals surface area contributed by atoms with Gasteiger partial charge in [-0.25, -0.2) is 9.79 Å². The Kier molecular flexibility index (Phi) is 5.71. The number of carbonyl (C=O) groups is 1. The summed E-state index contributed by atoms with van der Waals surface area (Å²) in [6, 6.07) is 11.8. The smallest absolute Gasteiger partial charge is 0.338 e. The molecule has 26 heavy (non-hydrogen) atoms. The van der Waals surface area contributed by atoms with Gasteiger partial charge in [-0.2, -0.15) is 0 Å². The Morgan fingerprint density at radius 2 is 1.77 bits per heavy atom. The number of hydrogen-bond donors (Lipinski definition) is 0. The summed E-state index contributed by atoms with van der Waals surface area (Å²) in [5.41, 5.74) is 5.56. The zero-order valence-electron chi connectivity index (χ0n) is 15.8. The standard InChI is InChI=1S/C22H26N2O2/c1-16-6-8-19(9-7-16)14-26-22(25)20-12-18(3)21(13-17(20)2)23-15-24-10-4-5-11-24/h6-9,12-13,15H,4-5,10-11,14H2,1-3H3. The number of likely N-dealkylation sites (tertiary alicyclic amines) is 1. The van der Waals surface area contributed by atoms with E-state index in [1.165, 1.54) is 18.4 Å². The van der Waals surface area contributed by atoms with Gasteiger partial charge < -0.3 is 9.64 Å². The summed E-state index contributed by atoms with van der Waals surface area (Å²) in [5.74, 6) is -0.291. The molecule has 0 unspecified atom stereocenters. The molecule has 4 heteroatoms. The van der Waals surface area contributed by atoms with E-state index in [0.717, 1.165) is 35.5 Å². The van der Waals surface area contributed by atoms with Gasteiger partial charge in [0.05, 0.1) is 17.6 Å². The third-order valence-corrected chi connectivity index (χ3v) is 4.75. The van der Waals surface area contributed by atoms with Crippen LogP contribution in [0, 0.1) is 20.8 Å². The van der Waals surface area contributed by atoms with E-state index in [1.54, 1.807) is 0 Å². The lowest BCUT2D eigenvalue weighted by Crippen LogP contribution is -2.16. The van der Waals surface area contributed by atoms with Crippen LogP contribution in [0.3, 0.4) is 0 Å². The predicted octanol–water partition coefficient (Wildman–Crippen LogP) is 4.72. The molecule has 0 amide bonds. The Morgan fingerprint density at radius 1 is 1.08 bits per heavy atom. The molecule has 0 bridgehead atoms. The summed E-state index contributed by atoms with van der Waals surface area (Å²) in [7, 11) is 0. The summed E-state index contributed by atoms with van der Waals surface area (Å²) in [5, 5.41) is 0. The summed E-state index contributed by atoms with van der Waals surface area (Å²) in [6.07, 6.45) is 4.38. The molecule has 0 saturated carbocycles. The lowest BCUT2D eigenvalue weighted by Gasteiger charge is -2.12. The van der Waals surface area contributed by atoms with E-state index in [2.05, 4.69) is 9.89 Å². The van der Waals surface area contributed by atoms with Crippen molar-refractivity contribution in [3.63, 3.8) is 0 Å². The van der Waals surface area contributed by atoms with Crippen molar-refractivity contribution in [1.29, 1.82) is 0 Å². The zero-order valence-corrected chi connectivity index (χ0v) is 15.8. The van der Waals surface area contributed by atoms with Crippen molar-refractivity contribution >= 4 is 18.0 Å². The highest BCUT2D eigenvalue weighted by Gasteiger charge is 2.14. The molecule has 0 aliphatic carbocycles. The minimum absolute atomic E-state index is 0.284. The maximum Gasteiger partial charge on any atom is 0.338 e. The molecule has 0 radical (unpaired) electrons. The van der Waals surface area contributed by atoms with Crippen LogP contribution >= 0.6 is 0 Å². The molecular formula is C22H26N2O2. The van der Waals surface area contributed by atoms with E-state index in [0.29, 0.717) is 5.56 Å². The number of esters is 1. The highest BCUT2D eigenvalue weighted by Crippen LogP contribution is 2.24. The SMILES string of the molecule is Cc1ccc(COC(=O)c2cc(C)c(N=CN3CCCC3)cc2C)cc1. The topological polar surface area (TPSA) is 41.9 Å². The molecule has 2 aromatic rings. The average Bonchev–Trinajstić information content (AvgIpc) is 3.15. The van der Waals surface area contributed by atoms with Crippen LogP contribution in [0.25, 0.3) is 0 Å². The monoisotopic (exact) mass is 350 g/mol. The maximum atomic E-state index is 12.5. The molecule has 1 heterocycles. The second kappa shape index (κ2) is 8.17. The Balaban J connectivity index is 1.68. The van der Waals surface area contributed by atoms with Gasteiger partial charge in [-0.3, -0.25) is 0 Å². The van der Waals surface area contributed by atoms with Gasteiger partial charge in [0.15, 0.2) is 0 Å². The number of ether oxygens (including phenoxy) is 1. The van der Waals surface area contributed by atoms with E-state index in [9.17, 15) is 4.79 Å². The lowest BCUT2D eigenvalue weighted by molar-refractivity contribution is 0.0472. The minimum Gasteiger partial charge on any atom is -0.457 e. The first-order valence-electron chi connectivity index (χ1n) is 9.15. The van der Waals surface area contributed by atoms with Crippen molar-refractivity contribution in [2.45, 2.75) is 40.2 Å². The van der Waals surface area contributed by atoms with Gasteiger partial charge in [-0.15, -0.1) is 0 Å².